The molecule has 1 aromatic carbocycles. The number of nitrogen functional groups attached to an aromatic ring is 1. The lowest BCUT2D eigenvalue weighted by atomic mass is 10.1. The highest BCUT2D eigenvalue weighted by Gasteiger charge is 2.25. The maximum Gasteiger partial charge on any atom is 0.132 e. The van der Waals surface area contributed by atoms with Crippen LogP contribution in [0.3, 0.4) is 0 Å². The Morgan fingerprint density at radius 3 is 2.75 bits per heavy atom. The van der Waals surface area contributed by atoms with Crippen LogP contribution in [-0.2, 0) is 7.05 Å². The first-order valence-corrected chi connectivity index (χ1v) is 7.64. The van der Waals surface area contributed by atoms with Crippen LogP contribution in [0.15, 0.2) is 22.7 Å². The Labute approximate surface area is 126 Å². The molecule has 3 nitrogen and oxygen atoms in total. The van der Waals surface area contributed by atoms with Crippen molar-refractivity contribution in [1.82, 2.24) is 9.55 Å². The summed E-state index contributed by atoms with van der Waals surface area (Å²) in [5.74, 6) is 1.67. The fourth-order valence-electron chi connectivity index (χ4n) is 2.96. The number of anilines is 1. The van der Waals surface area contributed by atoms with Crippen LogP contribution < -0.4 is 5.73 Å². The number of hydrogen-bond donors (Lipinski definition) is 1. The lowest BCUT2D eigenvalue weighted by Gasteiger charge is -2.08. The van der Waals surface area contributed by atoms with Crippen LogP contribution in [0.1, 0.15) is 37.4 Å². The van der Waals surface area contributed by atoms with Crippen molar-refractivity contribution in [2.75, 3.05) is 5.73 Å². The minimum absolute atomic E-state index is 0.295. The minimum atomic E-state index is -0.295. The number of rotatable bonds is 2. The van der Waals surface area contributed by atoms with Crippen molar-refractivity contribution in [1.29, 1.82) is 0 Å². The van der Waals surface area contributed by atoms with Crippen LogP contribution in [0.4, 0.5) is 10.2 Å². The van der Waals surface area contributed by atoms with Crippen molar-refractivity contribution < 1.29 is 4.39 Å². The number of benzene rings is 1. The molecule has 2 N–H and O–H groups in total. The molecule has 0 unspecified atom stereocenters. The van der Waals surface area contributed by atoms with E-state index in [4.69, 9.17) is 5.73 Å². The smallest absolute Gasteiger partial charge is 0.132 e. The first-order valence-electron chi connectivity index (χ1n) is 6.85. The summed E-state index contributed by atoms with van der Waals surface area (Å²) in [5, 5.41) is 0. The number of halogens is 2. The Bertz CT molecular complexity index is 645. The molecule has 0 atom stereocenters. The molecule has 2 aromatic rings. The number of nitrogens with zero attached hydrogens (tertiary/aromatic N) is 2. The summed E-state index contributed by atoms with van der Waals surface area (Å²) in [6.45, 7) is 0. The van der Waals surface area contributed by atoms with Gasteiger partial charge >= 0.3 is 0 Å². The molecule has 1 aromatic heterocycles. The topological polar surface area (TPSA) is 43.8 Å². The van der Waals surface area contributed by atoms with E-state index in [2.05, 4.69) is 20.9 Å². The van der Waals surface area contributed by atoms with Gasteiger partial charge in [0.25, 0.3) is 0 Å². The molecule has 20 heavy (non-hydrogen) atoms. The Kier molecular flexibility index (Phi) is 3.54. The zero-order chi connectivity index (χ0) is 14.3. The van der Waals surface area contributed by atoms with Gasteiger partial charge in [-0.3, -0.25) is 0 Å². The van der Waals surface area contributed by atoms with Crippen molar-refractivity contribution in [3.63, 3.8) is 0 Å². The maximum atomic E-state index is 14.0. The molecule has 1 fully saturated rings. The molecule has 0 aliphatic heterocycles. The third kappa shape index (κ3) is 2.24. The number of nitrogens with two attached hydrogens (primary N) is 1. The highest BCUT2D eigenvalue weighted by atomic mass is 79.9. The zero-order valence-corrected chi connectivity index (χ0v) is 13.0. The molecular weight excluding hydrogens is 321 g/mol. The summed E-state index contributed by atoms with van der Waals surface area (Å²) in [5.41, 5.74) is 7.15. The minimum Gasteiger partial charge on any atom is -0.383 e. The van der Waals surface area contributed by atoms with Gasteiger partial charge in [0.05, 0.1) is 0 Å². The molecule has 5 heteroatoms. The quantitative estimate of drug-likeness (QED) is 0.891. The summed E-state index contributed by atoms with van der Waals surface area (Å²) in [6, 6.07) is 4.84. The van der Waals surface area contributed by atoms with Crippen LogP contribution in [-0.4, -0.2) is 9.55 Å². The summed E-state index contributed by atoms with van der Waals surface area (Å²) in [4.78, 5) is 4.64. The standard InChI is InChI=1S/C15H17BrFN3/c1-20-14(18)13(11-8-10(16)6-7-12(11)17)19-15(20)9-4-2-3-5-9/h6-9H,2-5,18H2,1H3. The molecule has 106 valence electrons. The van der Waals surface area contributed by atoms with Gasteiger partial charge in [-0.05, 0) is 31.0 Å². The van der Waals surface area contributed by atoms with E-state index in [-0.39, 0.29) is 5.82 Å². The van der Waals surface area contributed by atoms with Crippen LogP contribution in [0, 0.1) is 5.82 Å². The summed E-state index contributed by atoms with van der Waals surface area (Å²) < 4.78 is 16.8. The van der Waals surface area contributed by atoms with Gasteiger partial charge in [-0.25, -0.2) is 9.37 Å². The van der Waals surface area contributed by atoms with Crippen molar-refractivity contribution in [3.8, 4) is 11.3 Å². The summed E-state index contributed by atoms with van der Waals surface area (Å²) >= 11 is 3.37. The second kappa shape index (κ2) is 5.20. The second-order valence-electron chi connectivity index (χ2n) is 5.37. The van der Waals surface area contributed by atoms with Gasteiger partial charge < -0.3 is 10.3 Å². The maximum absolute atomic E-state index is 14.0. The van der Waals surface area contributed by atoms with Crippen molar-refractivity contribution in [2.45, 2.75) is 31.6 Å². The molecule has 3 rings (SSSR count). The van der Waals surface area contributed by atoms with E-state index in [0.29, 0.717) is 23.0 Å². The summed E-state index contributed by atoms with van der Waals surface area (Å²) in [7, 11) is 1.91. The average molecular weight is 338 g/mol. The predicted octanol–water partition coefficient (Wildman–Crippen LogP) is 4.23. The molecule has 0 radical (unpaired) electrons. The monoisotopic (exact) mass is 337 g/mol. The van der Waals surface area contributed by atoms with E-state index < -0.39 is 0 Å². The van der Waals surface area contributed by atoms with Crippen LogP contribution in [0.2, 0.25) is 0 Å². The van der Waals surface area contributed by atoms with E-state index in [0.717, 1.165) is 23.1 Å². The molecule has 1 aliphatic rings. The SMILES string of the molecule is Cn1c(C2CCCC2)nc(-c2cc(Br)ccc2F)c1N. The van der Waals surface area contributed by atoms with Gasteiger partial charge in [-0.2, -0.15) is 0 Å². The van der Waals surface area contributed by atoms with Crippen LogP contribution >= 0.6 is 15.9 Å². The molecule has 0 saturated heterocycles. The van der Waals surface area contributed by atoms with Gasteiger partial charge in [0.15, 0.2) is 0 Å². The van der Waals surface area contributed by atoms with Crippen molar-refractivity contribution in [2.24, 2.45) is 7.05 Å². The molecule has 0 amide bonds. The van der Waals surface area contributed by atoms with Gasteiger partial charge in [-0.1, -0.05) is 28.8 Å². The third-order valence-corrected chi connectivity index (χ3v) is 4.57. The van der Waals surface area contributed by atoms with Gasteiger partial charge in [0.1, 0.15) is 23.2 Å². The van der Waals surface area contributed by atoms with Gasteiger partial charge in [0.2, 0.25) is 0 Å². The van der Waals surface area contributed by atoms with Gasteiger partial charge in [0, 0.05) is 23.0 Å². The summed E-state index contributed by atoms with van der Waals surface area (Å²) in [6.07, 6.45) is 4.76. The number of aromatic nitrogens is 2. The molecule has 1 saturated carbocycles. The van der Waals surface area contributed by atoms with Crippen molar-refractivity contribution in [3.05, 3.63) is 34.3 Å². The first-order chi connectivity index (χ1) is 9.58. The Balaban J connectivity index is 2.10. The third-order valence-electron chi connectivity index (χ3n) is 4.08. The predicted molar refractivity (Wildman–Crippen MR) is 81.9 cm³/mol. The van der Waals surface area contributed by atoms with E-state index in [1.165, 1.54) is 18.9 Å². The Hall–Kier alpha value is -1.36. The zero-order valence-electron chi connectivity index (χ0n) is 11.4. The molecule has 0 bridgehead atoms. The molecule has 0 spiro atoms. The largest absolute Gasteiger partial charge is 0.383 e. The van der Waals surface area contributed by atoms with Crippen molar-refractivity contribution >= 4 is 21.7 Å². The second-order valence-corrected chi connectivity index (χ2v) is 6.28. The molecular formula is C15H17BrFN3. The van der Waals surface area contributed by atoms with Crippen LogP contribution in [0.5, 0.6) is 0 Å². The Morgan fingerprint density at radius 2 is 2.05 bits per heavy atom. The average Bonchev–Trinajstić information content (AvgIpc) is 3.04. The first kappa shape index (κ1) is 13.6. The fourth-order valence-corrected chi connectivity index (χ4v) is 3.32. The van der Waals surface area contributed by atoms with Gasteiger partial charge in [-0.15, -0.1) is 0 Å². The molecule has 1 aliphatic carbocycles. The fraction of sp³-hybridized carbons (Fsp3) is 0.400. The number of imidazole rings is 1. The van der Waals surface area contributed by atoms with E-state index in [9.17, 15) is 4.39 Å². The normalized spacial score (nSPS) is 15.9. The van der Waals surface area contributed by atoms with E-state index in [1.54, 1.807) is 12.1 Å². The van der Waals surface area contributed by atoms with Crippen LogP contribution in [0.25, 0.3) is 11.3 Å². The highest BCUT2D eigenvalue weighted by molar-refractivity contribution is 9.10. The highest BCUT2D eigenvalue weighted by Crippen LogP contribution is 2.37. The Morgan fingerprint density at radius 1 is 1.35 bits per heavy atom. The van der Waals surface area contributed by atoms with E-state index >= 15 is 0 Å². The lowest BCUT2D eigenvalue weighted by Crippen LogP contribution is -2.05. The van der Waals surface area contributed by atoms with E-state index in [1.807, 2.05) is 11.6 Å². The number of hydrogen-bond acceptors (Lipinski definition) is 2. The molecule has 1 heterocycles. The lowest BCUT2D eigenvalue weighted by molar-refractivity contribution is 0.628.